The summed E-state index contributed by atoms with van der Waals surface area (Å²) < 4.78 is 0. The number of aliphatic hydroxyl groups excluding tert-OH is 1. The normalized spacial score (nSPS) is 15.3. The van der Waals surface area contributed by atoms with E-state index in [2.05, 4.69) is 16.0 Å². The first kappa shape index (κ1) is 29.7. The number of carbonyl (C=O) groups is 6. The number of nitrogens with one attached hydrogen (secondary N) is 3. The first-order valence-corrected chi connectivity index (χ1v) is 10.3. The molecule has 4 amide bonds. The van der Waals surface area contributed by atoms with Crippen LogP contribution in [0.1, 0.15) is 46.0 Å². The first-order chi connectivity index (χ1) is 15.3. The van der Waals surface area contributed by atoms with Gasteiger partial charge in [0.1, 0.15) is 18.1 Å². The van der Waals surface area contributed by atoms with Crippen molar-refractivity contribution in [1.29, 1.82) is 0 Å². The molecule has 33 heavy (non-hydrogen) atoms. The lowest BCUT2D eigenvalue weighted by Crippen LogP contribution is -2.58. The van der Waals surface area contributed by atoms with Gasteiger partial charge in [-0.25, -0.2) is 4.79 Å². The van der Waals surface area contributed by atoms with E-state index in [1.807, 2.05) is 0 Å². The maximum Gasteiger partial charge on any atom is 0.326 e. The number of aliphatic hydroxyl groups is 1. The molecule has 0 saturated carbocycles. The minimum atomic E-state index is -1.54. The van der Waals surface area contributed by atoms with Crippen LogP contribution < -0.4 is 27.4 Å². The van der Waals surface area contributed by atoms with E-state index in [4.69, 9.17) is 16.6 Å². The van der Waals surface area contributed by atoms with Gasteiger partial charge in [-0.15, -0.1) is 0 Å². The highest BCUT2D eigenvalue weighted by atomic mass is 16.4. The van der Waals surface area contributed by atoms with E-state index < -0.39 is 72.3 Å². The lowest BCUT2D eigenvalue weighted by Gasteiger charge is -2.26. The summed E-state index contributed by atoms with van der Waals surface area (Å²) >= 11 is 0. The van der Waals surface area contributed by atoms with E-state index in [1.54, 1.807) is 13.8 Å². The molecule has 0 fully saturated rings. The molecule has 0 aliphatic carbocycles. The molecule has 0 spiro atoms. The largest absolute Gasteiger partial charge is 0.481 e. The van der Waals surface area contributed by atoms with Crippen molar-refractivity contribution in [2.24, 2.45) is 17.4 Å². The zero-order valence-electron chi connectivity index (χ0n) is 18.6. The van der Waals surface area contributed by atoms with Crippen LogP contribution in [0.5, 0.6) is 0 Å². The Balaban J connectivity index is 5.35. The van der Waals surface area contributed by atoms with Gasteiger partial charge in [0.2, 0.25) is 23.6 Å². The van der Waals surface area contributed by atoms with Crippen molar-refractivity contribution in [3.05, 3.63) is 0 Å². The highest BCUT2D eigenvalue weighted by Crippen LogP contribution is 2.09. The van der Waals surface area contributed by atoms with Gasteiger partial charge < -0.3 is 42.7 Å². The van der Waals surface area contributed by atoms with Crippen LogP contribution in [-0.2, 0) is 28.8 Å². The minimum absolute atomic E-state index is 0.212. The number of carboxylic acids is 2. The molecule has 5 unspecified atom stereocenters. The third-order valence-electron chi connectivity index (χ3n) is 4.91. The molecule has 0 saturated heterocycles. The topological polar surface area (TPSA) is 251 Å². The Hall–Kier alpha value is -3.26. The van der Waals surface area contributed by atoms with Crippen molar-refractivity contribution in [2.45, 2.75) is 70.1 Å². The molecule has 0 radical (unpaired) electrons. The van der Waals surface area contributed by atoms with Crippen molar-refractivity contribution in [3.8, 4) is 0 Å². The third kappa shape index (κ3) is 11.2. The zero-order chi connectivity index (χ0) is 25.7. The molecule has 5 atom stereocenters. The summed E-state index contributed by atoms with van der Waals surface area (Å²) in [5.41, 5.74) is 10.7. The molecule has 0 aromatic rings. The molecular formula is C19H33N5O9. The standard InChI is InChI=1S/C19H33N5O9/c1-3-9(2)15(19(32)33)24-17(30)11(5-6-13(21)26)22-18(31)12(8-25)23-16(29)10(20)4-7-14(27)28/h9-12,15,25H,3-8,20H2,1-2H3,(H2,21,26)(H,22,31)(H,23,29)(H,24,30)(H,27,28)(H,32,33). The number of carboxylic acid groups (broad SMARTS) is 2. The average molecular weight is 475 g/mol. The van der Waals surface area contributed by atoms with Gasteiger partial charge in [0.05, 0.1) is 12.6 Å². The van der Waals surface area contributed by atoms with E-state index in [0.717, 1.165) is 0 Å². The predicted molar refractivity (Wildman–Crippen MR) is 113 cm³/mol. The number of primary amides is 1. The van der Waals surface area contributed by atoms with E-state index in [-0.39, 0.29) is 25.7 Å². The molecule has 188 valence electrons. The van der Waals surface area contributed by atoms with Crippen LogP contribution in [-0.4, -0.2) is 81.7 Å². The molecule has 14 heteroatoms. The molecule has 0 heterocycles. The molecule has 10 N–H and O–H groups in total. The van der Waals surface area contributed by atoms with E-state index in [9.17, 15) is 39.0 Å². The number of nitrogens with two attached hydrogens (primary N) is 2. The van der Waals surface area contributed by atoms with Gasteiger partial charge in [-0.2, -0.15) is 0 Å². The Bertz CT molecular complexity index is 730. The van der Waals surface area contributed by atoms with Gasteiger partial charge in [0.15, 0.2) is 0 Å². The Labute approximate surface area is 190 Å². The highest BCUT2D eigenvalue weighted by molar-refractivity contribution is 5.94. The number of amides is 4. The van der Waals surface area contributed by atoms with Crippen molar-refractivity contribution in [1.82, 2.24) is 16.0 Å². The molecule has 0 bridgehead atoms. The first-order valence-electron chi connectivity index (χ1n) is 10.3. The zero-order valence-corrected chi connectivity index (χ0v) is 18.6. The smallest absolute Gasteiger partial charge is 0.326 e. The second kappa shape index (κ2) is 14.7. The highest BCUT2D eigenvalue weighted by Gasteiger charge is 2.31. The van der Waals surface area contributed by atoms with Crippen LogP contribution in [0.3, 0.4) is 0 Å². The molecule has 0 aromatic carbocycles. The molecule has 0 aliphatic heterocycles. The molecule has 0 rings (SSSR count). The van der Waals surface area contributed by atoms with Gasteiger partial charge in [0, 0.05) is 12.8 Å². The summed E-state index contributed by atoms with van der Waals surface area (Å²) in [5.74, 6) is -6.45. The predicted octanol–water partition coefficient (Wildman–Crippen LogP) is -2.98. The maximum absolute atomic E-state index is 12.7. The Morgan fingerprint density at radius 1 is 0.848 bits per heavy atom. The summed E-state index contributed by atoms with van der Waals surface area (Å²) in [4.78, 5) is 70.5. The van der Waals surface area contributed by atoms with E-state index >= 15 is 0 Å². The van der Waals surface area contributed by atoms with Crippen LogP contribution in [0.2, 0.25) is 0 Å². The number of rotatable bonds is 16. The summed E-state index contributed by atoms with van der Waals surface area (Å²) in [6.07, 6.45) is -0.729. The molecule has 0 aliphatic rings. The maximum atomic E-state index is 12.7. The molecule has 0 aromatic heterocycles. The Morgan fingerprint density at radius 2 is 1.39 bits per heavy atom. The Kier molecular flexibility index (Phi) is 13.3. The van der Waals surface area contributed by atoms with Gasteiger partial charge in [-0.05, 0) is 18.8 Å². The second-order valence-electron chi connectivity index (χ2n) is 7.56. The van der Waals surface area contributed by atoms with Crippen LogP contribution in [0.4, 0.5) is 0 Å². The fraction of sp³-hybridized carbons (Fsp3) is 0.684. The van der Waals surface area contributed by atoms with E-state index in [1.165, 1.54) is 0 Å². The fourth-order valence-corrected chi connectivity index (χ4v) is 2.65. The van der Waals surface area contributed by atoms with Gasteiger partial charge in [-0.1, -0.05) is 20.3 Å². The minimum Gasteiger partial charge on any atom is -0.481 e. The van der Waals surface area contributed by atoms with Crippen LogP contribution in [0, 0.1) is 5.92 Å². The monoisotopic (exact) mass is 475 g/mol. The fourth-order valence-electron chi connectivity index (χ4n) is 2.65. The average Bonchev–Trinajstić information content (AvgIpc) is 2.75. The van der Waals surface area contributed by atoms with Gasteiger partial charge in [-0.3, -0.25) is 24.0 Å². The summed E-state index contributed by atoms with van der Waals surface area (Å²) in [6.45, 7) is 2.47. The number of carbonyl (C=O) groups excluding carboxylic acids is 4. The van der Waals surface area contributed by atoms with Crippen molar-refractivity contribution in [3.63, 3.8) is 0 Å². The summed E-state index contributed by atoms with van der Waals surface area (Å²) in [6, 6.07) is -5.44. The SMILES string of the molecule is CCC(C)C(NC(=O)C(CCC(N)=O)NC(=O)C(CO)NC(=O)C(N)CCC(=O)O)C(=O)O. The number of aliphatic carboxylic acids is 2. The van der Waals surface area contributed by atoms with Crippen LogP contribution in [0.15, 0.2) is 0 Å². The lowest BCUT2D eigenvalue weighted by molar-refractivity contribution is -0.144. The van der Waals surface area contributed by atoms with Crippen molar-refractivity contribution < 1.29 is 44.1 Å². The van der Waals surface area contributed by atoms with Gasteiger partial charge in [0.25, 0.3) is 0 Å². The lowest BCUT2D eigenvalue weighted by atomic mass is 9.98. The number of hydrogen-bond donors (Lipinski definition) is 8. The summed E-state index contributed by atoms with van der Waals surface area (Å²) in [7, 11) is 0. The third-order valence-corrected chi connectivity index (χ3v) is 4.91. The molecule has 14 nitrogen and oxygen atoms in total. The van der Waals surface area contributed by atoms with Crippen molar-refractivity contribution in [2.75, 3.05) is 6.61 Å². The second-order valence-corrected chi connectivity index (χ2v) is 7.56. The van der Waals surface area contributed by atoms with E-state index in [0.29, 0.717) is 6.42 Å². The molecular weight excluding hydrogens is 442 g/mol. The summed E-state index contributed by atoms with van der Waals surface area (Å²) in [5, 5.41) is 34.2. The van der Waals surface area contributed by atoms with Gasteiger partial charge >= 0.3 is 11.9 Å². The van der Waals surface area contributed by atoms with Crippen molar-refractivity contribution >= 4 is 35.6 Å². The Morgan fingerprint density at radius 3 is 1.85 bits per heavy atom. The number of hydrogen-bond acceptors (Lipinski definition) is 8. The van der Waals surface area contributed by atoms with Crippen LogP contribution >= 0.6 is 0 Å². The quantitative estimate of drug-likeness (QED) is 0.112. The van der Waals surface area contributed by atoms with Crippen LogP contribution in [0.25, 0.3) is 0 Å².